The zero-order valence-corrected chi connectivity index (χ0v) is 12.2. The number of aromatic nitrogens is 1. The van der Waals surface area contributed by atoms with Crippen molar-refractivity contribution in [1.82, 2.24) is 10.3 Å². The summed E-state index contributed by atoms with van der Waals surface area (Å²) in [6.45, 7) is 0.175. The first kappa shape index (κ1) is 18.5. The van der Waals surface area contributed by atoms with Crippen molar-refractivity contribution in [3.8, 4) is 0 Å². The fraction of sp³-hybridized carbons (Fsp3) is 0.429. The van der Waals surface area contributed by atoms with E-state index in [1.807, 2.05) is 0 Å². The van der Waals surface area contributed by atoms with E-state index in [2.05, 4.69) is 10.3 Å². The van der Waals surface area contributed by atoms with Gasteiger partial charge in [0.05, 0.1) is 5.92 Å². The van der Waals surface area contributed by atoms with Gasteiger partial charge in [0.15, 0.2) is 0 Å². The molecule has 1 rings (SSSR count). The van der Waals surface area contributed by atoms with Gasteiger partial charge >= 0.3 is 11.9 Å². The van der Waals surface area contributed by atoms with Crippen LogP contribution >= 0.6 is 0 Å². The van der Waals surface area contributed by atoms with Crippen LogP contribution in [0.25, 0.3) is 0 Å². The number of nitrogens with one attached hydrogen (secondary N) is 1. The van der Waals surface area contributed by atoms with Gasteiger partial charge in [-0.1, -0.05) is 0 Å². The van der Waals surface area contributed by atoms with Crippen LogP contribution in [0.1, 0.15) is 29.6 Å². The quantitative estimate of drug-likeness (QED) is 0.376. The molecule has 0 radical (unpaired) electrons. The Morgan fingerprint density at radius 1 is 1.30 bits per heavy atom. The molecule has 9 heteroatoms. The number of pyridine rings is 1. The molecule has 23 heavy (non-hydrogen) atoms. The van der Waals surface area contributed by atoms with Crippen molar-refractivity contribution in [3.05, 3.63) is 29.8 Å². The van der Waals surface area contributed by atoms with Crippen molar-refractivity contribution in [1.29, 1.82) is 0 Å². The van der Waals surface area contributed by atoms with Crippen LogP contribution in [0.3, 0.4) is 0 Å². The van der Waals surface area contributed by atoms with Gasteiger partial charge in [0.1, 0.15) is 6.04 Å². The van der Waals surface area contributed by atoms with Gasteiger partial charge in [-0.25, -0.2) is 4.98 Å². The second kappa shape index (κ2) is 8.79. The zero-order chi connectivity index (χ0) is 17.4. The first-order chi connectivity index (χ1) is 10.8. The third-order valence-electron chi connectivity index (χ3n) is 3.21. The molecule has 0 aliphatic carbocycles. The van der Waals surface area contributed by atoms with Gasteiger partial charge in [0.2, 0.25) is 5.95 Å². The van der Waals surface area contributed by atoms with Crippen molar-refractivity contribution < 1.29 is 29.0 Å². The molecule has 0 fully saturated rings. The summed E-state index contributed by atoms with van der Waals surface area (Å²) in [7, 11) is 0. The standard InChI is InChI=1S/C14H18FN3O5/c15-11-7-8(3-5-17-11)12(19)18-4-1-2-9(13(20)21)6-10(16)14(22)23/h3,5,7,9-10H,1-2,4,6,16H2,(H,18,19)(H,20,21)(H,22,23)/t9-,10-/m0/s1/i15-1. The molecule has 0 bridgehead atoms. The molecule has 126 valence electrons. The highest BCUT2D eigenvalue weighted by atomic mass is 18.2. The molecule has 0 saturated heterocycles. The molecule has 1 aromatic heterocycles. The maximum absolute atomic E-state index is 12.9. The van der Waals surface area contributed by atoms with Crippen molar-refractivity contribution in [2.24, 2.45) is 11.7 Å². The fourth-order valence-electron chi connectivity index (χ4n) is 1.95. The van der Waals surface area contributed by atoms with E-state index in [1.165, 1.54) is 6.07 Å². The van der Waals surface area contributed by atoms with Crippen LogP contribution in [-0.4, -0.2) is 45.6 Å². The predicted octanol–water partition coefficient (Wildman–Crippen LogP) is 0.233. The van der Waals surface area contributed by atoms with E-state index in [-0.39, 0.29) is 24.9 Å². The first-order valence-corrected chi connectivity index (χ1v) is 6.92. The molecule has 5 N–H and O–H groups in total. The van der Waals surface area contributed by atoms with Crippen LogP contribution in [0.5, 0.6) is 0 Å². The van der Waals surface area contributed by atoms with E-state index >= 15 is 0 Å². The Balaban J connectivity index is 2.40. The molecule has 1 heterocycles. The van der Waals surface area contributed by atoms with Crippen LogP contribution in [0.15, 0.2) is 18.3 Å². The third kappa shape index (κ3) is 6.39. The second-order valence-corrected chi connectivity index (χ2v) is 4.98. The Bertz CT molecular complexity index is 581. The lowest BCUT2D eigenvalue weighted by atomic mass is 9.95. The van der Waals surface area contributed by atoms with Crippen LogP contribution in [-0.2, 0) is 9.59 Å². The van der Waals surface area contributed by atoms with Gasteiger partial charge in [-0.15, -0.1) is 0 Å². The van der Waals surface area contributed by atoms with Gasteiger partial charge in [-0.3, -0.25) is 14.4 Å². The highest BCUT2D eigenvalue weighted by Gasteiger charge is 2.23. The van der Waals surface area contributed by atoms with Crippen molar-refractivity contribution in [3.63, 3.8) is 0 Å². The molecule has 2 atom stereocenters. The Hall–Kier alpha value is -2.55. The number of hydrogen-bond donors (Lipinski definition) is 4. The largest absolute Gasteiger partial charge is 0.481 e. The molecule has 0 aromatic carbocycles. The van der Waals surface area contributed by atoms with E-state index in [1.54, 1.807) is 0 Å². The molecule has 8 nitrogen and oxygen atoms in total. The highest BCUT2D eigenvalue weighted by Crippen LogP contribution is 2.13. The number of aliphatic carboxylic acids is 2. The minimum atomic E-state index is -1.26. The zero-order valence-electron chi connectivity index (χ0n) is 12.2. The average molecular weight is 326 g/mol. The smallest absolute Gasteiger partial charge is 0.320 e. The Morgan fingerprint density at radius 3 is 2.57 bits per heavy atom. The summed E-state index contributed by atoms with van der Waals surface area (Å²) in [6, 6.07) is 1.09. The summed E-state index contributed by atoms with van der Waals surface area (Å²) in [4.78, 5) is 36.8. The minimum absolute atomic E-state index is 0.111. The van der Waals surface area contributed by atoms with Crippen LogP contribution < -0.4 is 11.1 Å². The van der Waals surface area contributed by atoms with E-state index in [9.17, 15) is 18.8 Å². The van der Waals surface area contributed by atoms with Crippen molar-refractivity contribution >= 4 is 17.8 Å². The molecular formula is C14H18FN3O5. The molecular weight excluding hydrogens is 308 g/mol. The average Bonchev–Trinajstić information content (AvgIpc) is 2.49. The highest BCUT2D eigenvalue weighted by molar-refractivity contribution is 5.93. The summed E-state index contributed by atoms with van der Waals surface area (Å²) in [6.07, 6.45) is 1.47. The number of carboxylic acids is 2. The van der Waals surface area contributed by atoms with E-state index in [0.29, 0.717) is 6.42 Å². The molecule has 0 saturated carbocycles. The number of hydrogen-bond acceptors (Lipinski definition) is 5. The normalized spacial score (nSPS) is 13.1. The first-order valence-electron chi connectivity index (χ1n) is 6.92. The SMILES string of the molecule is N[C@@H](C[C@H](CCCNC(=O)c1ccnc([18F])c1)C(=O)O)C(=O)O. The number of carbonyl (C=O) groups is 3. The van der Waals surface area contributed by atoms with Crippen molar-refractivity contribution in [2.45, 2.75) is 25.3 Å². The van der Waals surface area contributed by atoms with Crippen LogP contribution in [0, 0.1) is 11.9 Å². The van der Waals surface area contributed by atoms with E-state index in [4.69, 9.17) is 15.9 Å². The minimum Gasteiger partial charge on any atom is -0.481 e. The third-order valence-corrected chi connectivity index (χ3v) is 3.21. The number of carboxylic acid groups (broad SMARTS) is 2. The lowest BCUT2D eigenvalue weighted by molar-refractivity contribution is -0.143. The number of carbonyl (C=O) groups excluding carboxylic acids is 1. The van der Waals surface area contributed by atoms with Gasteiger partial charge < -0.3 is 21.3 Å². The lowest BCUT2D eigenvalue weighted by Crippen LogP contribution is -2.34. The molecule has 0 aliphatic heterocycles. The molecule has 0 unspecified atom stereocenters. The Morgan fingerprint density at radius 2 is 2.00 bits per heavy atom. The number of nitrogens with two attached hydrogens (primary N) is 1. The second-order valence-electron chi connectivity index (χ2n) is 4.98. The van der Waals surface area contributed by atoms with Gasteiger partial charge in [0.25, 0.3) is 5.91 Å². The van der Waals surface area contributed by atoms with Gasteiger partial charge in [0, 0.05) is 24.4 Å². The number of rotatable bonds is 9. The topological polar surface area (TPSA) is 143 Å². The maximum atomic E-state index is 12.9. The maximum Gasteiger partial charge on any atom is 0.320 e. The van der Waals surface area contributed by atoms with Crippen molar-refractivity contribution in [2.75, 3.05) is 6.54 Å². The molecule has 0 spiro atoms. The number of nitrogens with zero attached hydrogens (tertiary/aromatic N) is 1. The molecule has 1 amide bonds. The van der Waals surface area contributed by atoms with Gasteiger partial charge in [-0.05, 0) is 25.3 Å². The number of halogens is 1. The monoisotopic (exact) mass is 326 g/mol. The summed E-state index contributed by atoms with van der Waals surface area (Å²) in [5.41, 5.74) is 5.44. The van der Waals surface area contributed by atoms with Gasteiger partial charge in [-0.2, -0.15) is 4.39 Å². The van der Waals surface area contributed by atoms with Crippen LogP contribution in [0.4, 0.5) is 4.39 Å². The van der Waals surface area contributed by atoms with E-state index in [0.717, 1.165) is 12.3 Å². The summed E-state index contributed by atoms with van der Waals surface area (Å²) in [5.74, 6) is -4.57. The summed E-state index contributed by atoms with van der Waals surface area (Å²) >= 11 is 0. The lowest BCUT2D eigenvalue weighted by Gasteiger charge is -2.15. The molecule has 0 aliphatic rings. The fourth-order valence-corrected chi connectivity index (χ4v) is 1.95. The van der Waals surface area contributed by atoms with Crippen LogP contribution in [0.2, 0.25) is 0 Å². The number of amides is 1. The molecule has 1 aromatic rings. The Labute approximate surface area is 131 Å². The predicted molar refractivity (Wildman–Crippen MR) is 77.1 cm³/mol. The summed E-state index contributed by atoms with van der Waals surface area (Å²) in [5, 5.41) is 20.3. The Kier molecular flexibility index (Phi) is 7.07. The summed E-state index contributed by atoms with van der Waals surface area (Å²) < 4.78 is 12.9. The van der Waals surface area contributed by atoms with E-state index < -0.39 is 35.8 Å².